The molecule has 0 unspecified atom stereocenters. The van der Waals surface area contributed by atoms with Crippen molar-refractivity contribution in [3.8, 4) is 5.75 Å². The third-order valence-electron chi connectivity index (χ3n) is 4.40. The average Bonchev–Trinajstić information content (AvgIpc) is 3.45. The van der Waals surface area contributed by atoms with Crippen molar-refractivity contribution in [2.24, 2.45) is 11.8 Å². The van der Waals surface area contributed by atoms with Crippen LogP contribution in [0.3, 0.4) is 0 Å². The summed E-state index contributed by atoms with van der Waals surface area (Å²) in [5.74, 6) is 0.244. The lowest BCUT2D eigenvalue weighted by Crippen LogP contribution is -2.34. The Morgan fingerprint density at radius 2 is 1.86 bits per heavy atom. The number of benzene rings is 2. The summed E-state index contributed by atoms with van der Waals surface area (Å²) in [5, 5.41) is 0. The fraction of sp³-hybridized carbons (Fsp3) is 0.381. The minimum absolute atomic E-state index is 0.121. The Morgan fingerprint density at radius 1 is 1.18 bits per heavy atom. The maximum atomic E-state index is 13.0. The van der Waals surface area contributed by atoms with Gasteiger partial charge in [0.25, 0.3) is 0 Å². The maximum Gasteiger partial charge on any atom is 0.339 e. The summed E-state index contributed by atoms with van der Waals surface area (Å²) < 4.78 is 43.0. The molecule has 0 radical (unpaired) electrons. The van der Waals surface area contributed by atoms with Gasteiger partial charge < -0.3 is 9.08 Å². The molecule has 0 N–H and O–H groups in total. The van der Waals surface area contributed by atoms with Crippen molar-refractivity contribution < 1.29 is 21.8 Å². The van der Waals surface area contributed by atoms with Crippen molar-refractivity contribution in [3.05, 3.63) is 59.9 Å². The molecule has 0 saturated heterocycles. The van der Waals surface area contributed by atoms with Crippen molar-refractivity contribution >= 4 is 16.0 Å². The zero-order valence-electron chi connectivity index (χ0n) is 16.0. The Hall–Kier alpha value is -2.41. The second-order valence-electron chi connectivity index (χ2n) is 7.53. The number of carbonyl (C=O) groups is 1. The number of amides is 1. The Kier molecular flexibility index (Phi) is 6.03. The molecule has 0 spiro atoms. The van der Waals surface area contributed by atoms with E-state index < -0.39 is 15.9 Å². The van der Waals surface area contributed by atoms with Crippen LogP contribution in [0, 0.1) is 17.7 Å². The first-order valence-electron chi connectivity index (χ1n) is 9.32. The highest BCUT2D eigenvalue weighted by molar-refractivity contribution is 7.87. The van der Waals surface area contributed by atoms with E-state index in [-0.39, 0.29) is 22.5 Å². The first-order valence-corrected chi connectivity index (χ1v) is 10.7. The molecular weight excluding hydrogens is 381 g/mol. The Morgan fingerprint density at radius 3 is 2.46 bits per heavy atom. The van der Waals surface area contributed by atoms with E-state index in [1.54, 1.807) is 18.2 Å². The predicted molar refractivity (Wildman–Crippen MR) is 104 cm³/mol. The van der Waals surface area contributed by atoms with Crippen LogP contribution >= 0.6 is 0 Å². The van der Waals surface area contributed by atoms with Gasteiger partial charge in [-0.05, 0) is 60.7 Å². The highest BCUT2D eigenvalue weighted by Gasteiger charge is 2.33. The van der Waals surface area contributed by atoms with Gasteiger partial charge in [-0.1, -0.05) is 26.0 Å². The summed E-state index contributed by atoms with van der Waals surface area (Å²) in [6.07, 6.45) is 1.87. The van der Waals surface area contributed by atoms with Crippen molar-refractivity contribution in [2.75, 3.05) is 6.54 Å². The highest BCUT2D eigenvalue weighted by atomic mass is 32.2. The van der Waals surface area contributed by atoms with Gasteiger partial charge in [-0.3, -0.25) is 4.79 Å². The first kappa shape index (κ1) is 20.3. The van der Waals surface area contributed by atoms with Crippen LogP contribution in [-0.2, 0) is 21.5 Å². The lowest BCUT2D eigenvalue weighted by Gasteiger charge is -2.25. The van der Waals surface area contributed by atoms with Crippen LogP contribution in [-0.4, -0.2) is 25.8 Å². The molecule has 3 rings (SSSR count). The molecule has 1 saturated carbocycles. The van der Waals surface area contributed by atoms with Gasteiger partial charge >= 0.3 is 10.1 Å². The summed E-state index contributed by atoms with van der Waals surface area (Å²) in [6.45, 7) is 5.17. The number of halogens is 1. The Labute approximate surface area is 165 Å². The van der Waals surface area contributed by atoms with Crippen LogP contribution in [0.2, 0.25) is 0 Å². The minimum Gasteiger partial charge on any atom is -0.379 e. The summed E-state index contributed by atoms with van der Waals surface area (Å²) in [4.78, 5) is 14.2. The molecule has 1 amide bonds. The van der Waals surface area contributed by atoms with Crippen molar-refractivity contribution in [1.29, 1.82) is 0 Å². The molecule has 1 fully saturated rings. The van der Waals surface area contributed by atoms with E-state index in [2.05, 4.69) is 13.8 Å². The van der Waals surface area contributed by atoms with Gasteiger partial charge in [0.2, 0.25) is 5.91 Å². The molecule has 1 aliphatic rings. The van der Waals surface area contributed by atoms with E-state index in [0.717, 1.165) is 42.7 Å². The number of hydrogen-bond donors (Lipinski definition) is 0. The standard InChI is InChI=1S/C21H24FNO4S/c1-15(2)13-23(21(24)17-6-7-17)14-16-4-3-5-19(12-16)27-28(25,26)20-10-8-18(22)9-11-20/h3-5,8-12,15,17H,6-7,13-14H2,1-2H3. The Balaban J connectivity index is 1.75. The average molecular weight is 405 g/mol. The summed E-state index contributed by atoms with van der Waals surface area (Å²) >= 11 is 0. The SMILES string of the molecule is CC(C)CN(Cc1cccc(OS(=O)(=O)c2ccc(F)cc2)c1)C(=O)C1CC1. The van der Waals surface area contributed by atoms with E-state index in [1.165, 1.54) is 0 Å². The first-order chi connectivity index (χ1) is 13.2. The van der Waals surface area contributed by atoms with Gasteiger partial charge in [-0.2, -0.15) is 8.42 Å². The normalized spacial score (nSPS) is 14.1. The maximum absolute atomic E-state index is 13.0. The van der Waals surface area contributed by atoms with Crippen LogP contribution in [0.25, 0.3) is 0 Å². The summed E-state index contributed by atoms with van der Waals surface area (Å²) in [6, 6.07) is 11.2. The van der Waals surface area contributed by atoms with E-state index in [9.17, 15) is 17.6 Å². The quantitative estimate of drug-likeness (QED) is 0.623. The molecule has 0 heterocycles. The van der Waals surface area contributed by atoms with Crippen molar-refractivity contribution in [2.45, 2.75) is 38.1 Å². The molecule has 28 heavy (non-hydrogen) atoms. The smallest absolute Gasteiger partial charge is 0.339 e. The second-order valence-corrected chi connectivity index (χ2v) is 9.07. The second kappa shape index (κ2) is 8.31. The van der Waals surface area contributed by atoms with Crippen LogP contribution in [0.4, 0.5) is 4.39 Å². The third kappa shape index (κ3) is 5.32. The van der Waals surface area contributed by atoms with Crippen molar-refractivity contribution in [1.82, 2.24) is 4.90 Å². The molecule has 2 aromatic carbocycles. The van der Waals surface area contributed by atoms with Gasteiger partial charge in [0.1, 0.15) is 16.5 Å². The topological polar surface area (TPSA) is 63.7 Å². The molecule has 1 aliphatic carbocycles. The van der Waals surface area contributed by atoms with Crippen LogP contribution in [0.1, 0.15) is 32.3 Å². The molecule has 0 aromatic heterocycles. The van der Waals surface area contributed by atoms with Crippen LogP contribution in [0.5, 0.6) is 5.75 Å². The van der Waals surface area contributed by atoms with E-state index in [1.807, 2.05) is 11.0 Å². The zero-order valence-corrected chi connectivity index (χ0v) is 16.8. The molecule has 5 nitrogen and oxygen atoms in total. The van der Waals surface area contributed by atoms with Crippen LogP contribution < -0.4 is 4.18 Å². The molecule has 0 bridgehead atoms. The molecule has 0 aliphatic heterocycles. The molecule has 2 aromatic rings. The van der Waals surface area contributed by atoms with E-state index >= 15 is 0 Å². The number of nitrogens with zero attached hydrogens (tertiary/aromatic N) is 1. The van der Waals surface area contributed by atoms with Gasteiger partial charge in [-0.25, -0.2) is 4.39 Å². The van der Waals surface area contributed by atoms with Crippen molar-refractivity contribution in [3.63, 3.8) is 0 Å². The number of carbonyl (C=O) groups excluding carboxylic acids is 1. The van der Waals surface area contributed by atoms with Crippen LogP contribution in [0.15, 0.2) is 53.4 Å². The molecular formula is C21H24FNO4S. The highest BCUT2D eigenvalue weighted by Crippen LogP contribution is 2.32. The molecule has 0 atom stereocenters. The lowest BCUT2D eigenvalue weighted by molar-refractivity contribution is -0.133. The van der Waals surface area contributed by atoms with Gasteiger partial charge in [0.05, 0.1) is 0 Å². The third-order valence-corrected chi connectivity index (χ3v) is 5.67. The predicted octanol–water partition coefficient (Wildman–Crippen LogP) is 3.99. The van der Waals surface area contributed by atoms with E-state index in [4.69, 9.17) is 4.18 Å². The lowest BCUT2D eigenvalue weighted by atomic mass is 10.1. The van der Waals surface area contributed by atoms with E-state index in [0.29, 0.717) is 19.0 Å². The largest absolute Gasteiger partial charge is 0.379 e. The summed E-state index contributed by atoms with van der Waals surface area (Å²) in [5.41, 5.74) is 0.793. The van der Waals surface area contributed by atoms with Gasteiger partial charge in [0, 0.05) is 19.0 Å². The fourth-order valence-electron chi connectivity index (χ4n) is 2.95. The van der Waals surface area contributed by atoms with Gasteiger partial charge in [-0.15, -0.1) is 0 Å². The zero-order chi connectivity index (χ0) is 20.3. The Bertz CT molecular complexity index is 937. The molecule has 7 heteroatoms. The number of rotatable bonds is 8. The minimum atomic E-state index is -4.06. The van der Waals surface area contributed by atoms with Gasteiger partial charge in [0.15, 0.2) is 0 Å². The monoisotopic (exact) mass is 405 g/mol. The number of hydrogen-bond acceptors (Lipinski definition) is 4. The fourth-order valence-corrected chi connectivity index (χ4v) is 3.88. The molecule has 150 valence electrons. The summed E-state index contributed by atoms with van der Waals surface area (Å²) in [7, 11) is -4.06.